The van der Waals surface area contributed by atoms with Gasteiger partial charge in [-0.2, -0.15) is 0 Å². The summed E-state index contributed by atoms with van der Waals surface area (Å²) in [6.07, 6.45) is 0.628. The second-order valence-corrected chi connectivity index (χ2v) is 5.76. The molecule has 0 aliphatic rings. The maximum atomic E-state index is 12.1. The summed E-state index contributed by atoms with van der Waals surface area (Å²) in [5.41, 5.74) is 0. The number of nitrogens with zero attached hydrogens (tertiary/aromatic N) is 1. The third-order valence-corrected chi connectivity index (χ3v) is 3.94. The number of carbonyl (C=O) groups is 3. The van der Waals surface area contributed by atoms with Crippen molar-refractivity contribution in [1.29, 1.82) is 0 Å². The van der Waals surface area contributed by atoms with E-state index in [1.54, 1.807) is 7.05 Å². The summed E-state index contributed by atoms with van der Waals surface area (Å²) in [6.45, 7) is 1.81. The van der Waals surface area contributed by atoms with Crippen molar-refractivity contribution in [2.75, 3.05) is 13.6 Å². The van der Waals surface area contributed by atoms with Crippen LogP contribution in [0, 0.1) is 0 Å². The molecule has 1 atom stereocenters. The molecule has 2 amide bonds. The van der Waals surface area contributed by atoms with Crippen molar-refractivity contribution in [1.82, 2.24) is 10.2 Å². The van der Waals surface area contributed by atoms with E-state index in [4.69, 9.17) is 5.11 Å². The molecule has 1 unspecified atom stereocenters. The molecule has 0 bridgehead atoms. The van der Waals surface area contributed by atoms with E-state index >= 15 is 0 Å². The van der Waals surface area contributed by atoms with Gasteiger partial charge in [0.05, 0.1) is 12.5 Å². The van der Waals surface area contributed by atoms with Gasteiger partial charge in [-0.25, -0.2) is 0 Å². The predicted octanol–water partition coefficient (Wildman–Crippen LogP) is 1.64. The Labute approximate surface area is 127 Å². The second-order valence-electron chi connectivity index (χ2n) is 4.79. The van der Waals surface area contributed by atoms with Crippen LogP contribution in [-0.2, 0) is 14.4 Å². The van der Waals surface area contributed by atoms with Crippen molar-refractivity contribution >= 4 is 29.1 Å². The van der Waals surface area contributed by atoms with Gasteiger partial charge in [0.15, 0.2) is 0 Å². The van der Waals surface area contributed by atoms with Gasteiger partial charge in [-0.05, 0) is 17.9 Å². The number of carboxylic acids is 1. The van der Waals surface area contributed by atoms with Crippen LogP contribution in [0.3, 0.4) is 0 Å². The monoisotopic (exact) mass is 312 g/mol. The van der Waals surface area contributed by atoms with E-state index in [1.807, 2.05) is 17.5 Å². The van der Waals surface area contributed by atoms with Crippen LogP contribution in [0.25, 0.3) is 0 Å². The van der Waals surface area contributed by atoms with Crippen LogP contribution in [0.2, 0.25) is 0 Å². The highest BCUT2D eigenvalue weighted by Crippen LogP contribution is 2.22. The molecule has 0 aliphatic heterocycles. The molecule has 7 heteroatoms. The number of rotatable bonds is 8. The van der Waals surface area contributed by atoms with Gasteiger partial charge < -0.3 is 15.3 Å². The molecule has 0 saturated carbocycles. The Morgan fingerprint density at radius 3 is 2.67 bits per heavy atom. The third kappa shape index (κ3) is 6.40. The lowest BCUT2D eigenvalue weighted by Crippen LogP contribution is -2.34. The van der Waals surface area contributed by atoms with Crippen LogP contribution < -0.4 is 5.32 Å². The number of carboxylic acid groups (broad SMARTS) is 1. The lowest BCUT2D eigenvalue weighted by molar-refractivity contribution is -0.138. The minimum atomic E-state index is -0.870. The molecule has 1 aromatic rings. The molecule has 0 radical (unpaired) electrons. The zero-order chi connectivity index (χ0) is 15.8. The molecule has 116 valence electrons. The van der Waals surface area contributed by atoms with Crippen LogP contribution in [0.4, 0.5) is 0 Å². The number of hydrogen-bond donors (Lipinski definition) is 2. The average Bonchev–Trinajstić information content (AvgIpc) is 2.90. The first-order valence-electron chi connectivity index (χ1n) is 6.66. The summed E-state index contributed by atoms with van der Waals surface area (Å²) in [7, 11) is 1.64. The number of hydrogen-bond acceptors (Lipinski definition) is 4. The summed E-state index contributed by atoms with van der Waals surface area (Å²) >= 11 is 1.49. The largest absolute Gasteiger partial charge is 0.481 e. The number of nitrogens with one attached hydrogen (secondary N) is 1. The molecule has 2 N–H and O–H groups in total. The van der Waals surface area contributed by atoms with Gasteiger partial charge in [-0.15, -0.1) is 11.3 Å². The van der Waals surface area contributed by atoms with Gasteiger partial charge in [-0.1, -0.05) is 6.07 Å². The third-order valence-electron chi connectivity index (χ3n) is 2.95. The molecule has 0 fully saturated rings. The summed E-state index contributed by atoms with van der Waals surface area (Å²) < 4.78 is 0. The van der Waals surface area contributed by atoms with E-state index in [2.05, 4.69) is 5.32 Å². The molecule has 21 heavy (non-hydrogen) atoms. The average molecular weight is 312 g/mol. The highest BCUT2D eigenvalue weighted by Gasteiger charge is 2.20. The second kappa shape index (κ2) is 8.41. The van der Waals surface area contributed by atoms with E-state index in [9.17, 15) is 14.4 Å². The van der Waals surface area contributed by atoms with Crippen LogP contribution in [0.1, 0.15) is 37.1 Å². The molecule has 1 aromatic heterocycles. The minimum Gasteiger partial charge on any atom is -0.481 e. The summed E-state index contributed by atoms with van der Waals surface area (Å²) in [6, 6.07) is 3.41. The number of thiophene rings is 1. The molecular weight excluding hydrogens is 292 g/mol. The van der Waals surface area contributed by atoms with Crippen LogP contribution in [0.5, 0.6) is 0 Å². The Hall–Kier alpha value is -1.89. The van der Waals surface area contributed by atoms with Gasteiger partial charge in [0.1, 0.15) is 0 Å². The maximum Gasteiger partial charge on any atom is 0.303 e. The van der Waals surface area contributed by atoms with Crippen molar-refractivity contribution in [3.05, 3.63) is 22.4 Å². The molecule has 1 heterocycles. The maximum absolute atomic E-state index is 12.1. The number of carbonyl (C=O) groups excluding carboxylic acids is 2. The van der Waals surface area contributed by atoms with Gasteiger partial charge >= 0.3 is 5.97 Å². The lowest BCUT2D eigenvalue weighted by Gasteiger charge is -2.21. The fourth-order valence-electron chi connectivity index (χ4n) is 1.88. The van der Waals surface area contributed by atoms with Crippen molar-refractivity contribution in [3.63, 3.8) is 0 Å². The lowest BCUT2D eigenvalue weighted by atomic mass is 10.1. The molecule has 1 rings (SSSR count). The van der Waals surface area contributed by atoms with Crippen molar-refractivity contribution < 1.29 is 19.5 Å². The quantitative estimate of drug-likeness (QED) is 0.764. The van der Waals surface area contributed by atoms with E-state index in [1.165, 1.54) is 23.2 Å². The first kappa shape index (κ1) is 17.2. The zero-order valence-corrected chi connectivity index (χ0v) is 13.0. The van der Waals surface area contributed by atoms with E-state index in [-0.39, 0.29) is 30.7 Å². The molecular formula is C14H20N2O4S. The highest BCUT2D eigenvalue weighted by molar-refractivity contribution is 7.10. The first-order chi connectivity index (χ1) is 9.90. The summed E-state index contributed by atoms with van der Waals surface area (Å²) in [5.74, 6) is -1.17. The van der Waals surface area contributed by atoms with E-state index in [0.29, 0.717) is 13.0 Å². The Bertz CT molecular complexity index is 487. The van der Waals surface area contributed by atoms with E-state index < -0.39 is 5.97 Å². The zero-order valence-electron chi connectivity index (χ0n) is 12.2. The van der Waals surface area contributed by atoms with Gasteiger partial charge in [-0.3, -0.25) is 14.4 Å². The number of amides is 2. The predicted molar refractivity (Wildman–Crippen MR) is 80.0 cm³/mol. The standard InChI is InChI=1S/C14H20N2O4S/c1-10(17)15-11(12-5-4-8-21-12)9-13(18)16(2)7-3-6-14(19)20/h4-5,8,11H,3,6-7,9H2,1-2H3,(H,15,17)(H,19,20). The van der Waals surface area contributed by atoms with Gasteiger partial charge in [0.25, 0.3) is 0 Å². The summed E-state index contributed by atoms with van der Waals surface area (Å²) in [5, 5.41) is 13.3. The number of aliphatic carboxylic acids is 1. The van der Waals surface area contributed by atoms with Gasteiger partial charge in [0, 0.05) is 31.8 Å². The topological polar surface area (TPSA) is 86.7 Å². The SMILES string of the molecule is CC(=O)NC(CC(=O)N(C)CCCC(=O)O)c1cccs1. The van der Waals surface area contributed by atoms with Crippen molar-refractivity contribution in [2.24, 2.45) is 0 Å². The van der Waals surface area contributed by atoms with Crippen LogP contribution in [0.15, 0.2) is 17.5 Å². The van der Waals surface area contributed by atoms with E-state index in [0.717, 1.165) is 4.88 Å². The smallest absolute Gasteiger partial charge is 0.303 e. The Balaban J connectivity index is 2.55. The Morgan fingerprint density at radius 1 is 1.43 bits per heavy atom. The first-order valence-corrected chi connectivity index (χ1v) is 7.54. The highest BCUT2D eigenvalue weighted by atomic mass is 32.1. The van der Waals surface area contributed by atoms with Crippen LogP contribution >= 0.6 is 11.3 Å². The molecule has 0 aromatic carbocycles. The summed E-state index contributed by atoms with van der Waals surface area (Å²) in [4.78, 5) is 36.3. The molecule has 0 saturated heterocycles. The fraction of sp³-hybridized carbons (Fsp3) is 0.500. The fourth-order valence-corrected chi connectivity index (χ4v) is 2.66. The normalized spacial score (nSPS) is 11.7. The Kier molecular flexibility index (Phi) is 6.87. The minimum absolute atomic E-state index is 0.0394. The molecule has 0 spiro atoms. The Morgan fingerprint density at radius 2 is 2.14 bits per heavy atom. The van der Waals surface area contributed by atoms with Crippen molar-refractivity contribution in [3.8, 4) is 0 Å². The van der Waals surface area contributed by atoms with Crippen molar-refractivity contribution in [2.45, 2.75) is 32.2 Å². The van der Waals surface area contributed by atoms with Gasteiger partial charge in [0.2, 0.25) is 11.8 Å². The molecule has 6 nitrogen and oxygen atoms in total. The van der Waals surface area contributed by atoms with Crippen LogP contribution in [-0.4, -0.2) is 41.4 Å². The molecule has 0 aliphatic carbocycles.